The zero-order chi connectivity index (χ0) is 24.7. The molecule has 1 saturated heterocycles. The van der Waals surface area contributed by atoms with Crippen LogP contribution in [0, 0.1) is 17.7 Å². The normalized spacial score (nSPS) is 15.0. The van der Waals surface area contributed by atoms with Gasteiger partial charge in [0, 0.05) is 25.2 Å². The standard InChI is InChI=1S/C26H32FN3O4/c1-17(2)16-28-25(32)23(29-24(31)19-7-6-8-20(15-19)34-3)18-11-13-30(14-12-18)26(33)21-9-4-5-10-22(21)27/h4-10,15,17-18,23H,11-14,16H2,1-3H3,(H,28,32)(H,29,31). The van der Waals surface area contributed by atoms with E-state index in [0.717, 1.165) is 0 Å². The van der Waals surface area contributed by atoms with Gasteiger partial charge in [0.2, 0.25) is 5.91 Å². The summed E-state index contributed by atoms with van der Waals surface area (Å²) < 4.78 is 19.3. The van der Waals surface area contributed by atoms with Gasteiger partial charge in [0.15, 0.2) is 0 Å². The summed E-state index contributed by atoms with van der Waals surface area (Å²) in [5.41, 5.74) is 0.437. The quantitative estimate of drug-likeness (QED) is 0.621. The SMILES string of the molecule is COc1cccc(C(=O)NC(C(=O)NCC(C)C)C2CCN(C(=O)c3ccccc3F)CC2)c1. The molecule has 2 aromatic rings. The van der Waals surface area contributed by atoms with Gasteiger partial charge in [-0.2, -0.15) is 0 Å². The molecule has 1 unspecified atom stereocenters. The van der Waals surface area contributed by atoms with Crippen molar-refractivity contribution in [2.45, 2.75) is 32.7 Å². The number of carbonyl (C=O) groups is 3. The van der Waals surface area contributed by atoms with Crippen molar-refractivity contribution >= 4 is 17.7 Å². The summed E-state index contributed by atoms with van der Waals surface area (Å²) in [5, 5.41) is 5.81. The molecule has 8 heteroatoms. The molecular formula is C26H32FN3O4. The first-order chi connectivity index (χ1) is 16.3. The molecule has 1 fully saturated rings. The van der Waals surface area contributed by atoms with Crippen molar-refractivity contribution < 1.29 is 23.5 Å². The Balaban J connectivity index is 1.71. The molecule has 2 aromatic carbocycles. The summed E-state index contributed by atoms with van der Waals surface area (Å²) in [5.74, 6) is -0.875. The predicted molar refractivity (Wildman–Crippen MR) is 127 cm³/mol. The van der Waals surface area contributed by atoms with Crippen LogP contribution in [0.5, 0.6) is 5.75 Å². The van der Waals surface area contributed by atoms with Crippen LogP contribution in [0.3, 0.4) is 0 Å². The van der Waals surface area contributed by atoms with Crippen LogP contribution in [0.2, 0.25) is 0 Å². The lowest BCUT2D eigenvalue weighted by molar-refractivity contribution is -0.124. The predicted octanol–water partition coefficient (Wildman–Crippen LogP) is 3.26. The zero-order valence-corrected chi connectivity index (χ0v) is 19.8. The highest BCUT2D eigenvalue weighted by atomic mass is 19.1. The Morgan fingerprint density at radius 1 is 1.09 bits per heavy atom. The number of piperidine rings is 1. The number of hydrogen-bond acceptors (Lipinski definition) is 4. The van der Waals surface area contributed by atoms with Crippen molar-refractivity contribution in [1.82, 2.24) is 15.5 Å². The lowest BCUT2D eigenvalue weighted by atomic mass is 9.88. The first-order valence-corrected chi connectivity index (χ1v) is 11.6. The van der Waals surface area contributed by atoms with Crippen LogP contribution in [0.25, 0.3) is 0 Å². The average molecular weight is 470 g/mol. The molecule has 3 rings (SSSR count). The van der Waals surface area contributed by atoms with Crippen molar-refractivity contribution in [3.63, 3.8) is 0 Å². The second-order valence-electron chi connectivity index (χ2n) is 8.93. The molecule has 0 spiro atoms. The lowest BCUT2D eigenvalue weighted by Gasteiger charge is -2.36. The third kappa shape index (κ3) is 6.34. The van der Waals surface area contributed by atoms with Crippen molar-refractivity contribution in [3.05, 3.63) is 65.5 Å². The van der Waals surface area contributed by atoms with E-state index in [1.807, 2.05) is 13.8 Å². The highest BCUT2D eigenvalue weighted by molar-refractivity contribution is 5.98. The van der Waals surface area contributed by atoms with Crippen LogP contribution in [0.1, 0.15) is 47.4 Å². The monoisotopic (exact) mass is 469 g/mol. The number of benzene rings is 2. The summed E-state index contributed by atoms with van der Waals surface area (Å²) >= 11 is 0. The zero-order valence-electron chi connectivity index (χ0n) is 19.8. The van der Waals surface area contributed by atoms with Crippen LogP contribution in [0.15, 0.2) is 48.5 Å². The molecule has 1 heterocycles. The molecule has 0 aliphatic carbocycles. The van der Waals surface area contributed by atoms with Crippen LogP contribution >= 0.6 is 0 Å². The number of hydrogen-bond donors (Lipinski definition) is 2. The Kier molecular flexibility index (Phi) is 8.62. The van der Waals surface area contributed by atoms with E-state index < -0.39 is 11.9 Å². The van der Waals surface area contributed by atoms with Gasteiger partial charge < -0.3 is 20.3 Å². The third-order valence-corrected chi connectivity index (χ3v) is 5.99. The minimum Gasteiger partial charge on any atom is -0.497 e. The van der Waals surface area contributed by atoms with Crippen molar-refractivity contribution in [2.24, 2.45) is 11.8 Å². The van der Waals surface area contributed by atoms with Crippen LogP contribution < -0.4 is 15.4 Å². The van der Waals surface area contributed by atoms with Gasteiger partial charge in [0.1, 0.15) is 17.6 Å². The van der Waals surface area contributed by atoms with E-state index in [1.165, 1.54) is 19.2 Å². The molecule has 0 bridgehead atoms. The van der Waals surface area contributed by atoms with Gasteiger partial charge in [-0.05, 0) is 55.0 Å². The molecule has 1 atom stereocenters. The Bertz CT molecular complexity index is 1020. The van der Waals surface area contributed by atoms with E-state index in [4.69, 9.17) is 4.74 Å². The van der Waals surface area contributed by atoms with E-state index >= 15 is 0 Å². The van der Waals surface area contributed by atoms with E-state index in [-0.39, 0.29) is 35.1 Å². The van der Waals surface area contributed by atoms with Gasteiger partial charge in [-0.3, -0.25) is 14.4 Å². The van der Waals surface area contributed by atoms with Crippen molar-refractivity contribution in [1.29, 1.82) is 0 Å². The number of nitrogens with one attached hydrogen (secondary N) is 2. The van der Waals surface area contributed by atoms with E-state index in [2.05, 4.69) is 10.6 Å². The first-order valence-electron chi connectivity index (χ1n) is 11.6. The molecule has 1 aliphatic rings. The van der Waals surface area contributed by atoms with Gasteiger partial charge in [-0.15, -0.1) is 0 Å². The van der Waals surface area contributed by atoms with Crippen LogP contribution in [-0.4, -0.2) is 55.4 Å². The first kappa shape index (κ1) is 25.2. The second kappa shape index (κ2) is 11.6. The molecule has 0 radical (unpaired) electrons. The molecule has 182 valence electrons. The van der Waals surface area contributed by atoms with Gasteiger partial charge in [0.05, 0.1) is 12.7 Å². The van der Waals surface area contributed by atoms with Crippen molar-refractivity contribution in [2.75, 3.05) is 26.7 Å². The highest BCUT2D eigenvalue weighted by Gasteiger charge is 2.34. The number of methoxy groups -OCH3 is 1. The Labute approximate surface area is 199 Å². The molecule has 3 amide bonds. The lowest BCUT2D eigenvalue weighted by Crippen LogP contribution is -2.54. The Morgan fingerprint density at radius 3 is 2.44 bits per heavy atom. The molecule has 0 saturated carbocycles. The van der Waals surface area contributed by atoms with Gasteiger partial charge in [-0.1, -0.05) is 32.0 Å². The minimum absolute atomic E-state index is 0.0403. The topological polar surface area (TPSA) is 87.7 Å². The maximum absolute atomic E-state index is 14.1. The Hall–Kier alpha value is -3.42. The Morgan fingerprint density at radius 2 is 1.79 bits per heavy atom. The number of likely N-dealkylation sites (tertiary alicyclic amines) is 1. The van der Waals surface area contributed by atoms with Crippen LogP contribution in [-0.2, 0) is 4.79 Å². The second-order valence-corrected chi connectivity index (χ2v) is 8.93. The minimum atomic E-state index is -0.747. The largest absolute Gasteiger partial charge is 0.497 e. The fourth-order valence-electron chi connectivity index (χ4n) is 4.04. The molecule has 1 aliphatic heterocycles. The fraction of sp³-hybridized carbons (Fsp3) is 0.423. The maximum atomic E-state index is 14.1. The summed E-state index contributed by atoms with van der Waals surface area (Å²) in [4.78, 5) is 40.3. The van der Waals surface area contributed by atoms with E-state index in [9.17, 15) is 18.8 Å². The fourth-order valence-corrected chi connectivity index (χ4v) is 4.04. The molecular weight excluding hydrogens is 437 g/mol. The van der Waals surface area contributed by atoms with Gasteiger partial charge in [0.25, 0.3) is 11.8 Å². The number of ether oxygens (including phenoxy) is 1. The number of carbonyl (C=O) groups excluding carboxylic acids is 3. The summed E-state index contributed by atoms with van der Waals surface area (Å²) in [6.45, 7) is 5.24. The van der Waals surface area contributed by atoms with Gasteiger partial charge >= 0.3 is 0 Å². The summed E-state index contributed by atoms with van der Waals surface area (Å²) in [6.07, 6.45) is 1.02. The summed E-state index contributed by atoms with van der Waals surface area (Å²) in [6, 6.07) is 11.9. The molecule has 34 heavy (non-hydrogen) atoms. The average Bonchev–Trinajstić information content (AvgIpc) is 2.85. The maximum Gasteiger partial charge on any atom is 0.256 e. The number of nitrogens with zero attached hydrogens (tertiary/aromatic N) is 1. The number of rotatable bonds is 8. The van der Waals surface area contributed by atoms with Gasteiger partial charge in [-0.25, -0.2) is 4.39 Å². The molecule has 2 N–H and O–H groups in total. The van der Waals surface area contributed by atoms with E-state index in [0.29, 0.717) is 43.8 Å². The number of amides is 3. The number of halogens is 1. The summed E-state index contributed by atoms with van der Waals surface area (Å²) in [7, 11) is 1.52. The van der Waals surface area contributed by atoms with E-state index in [1.54, 1.807) is 41.3 Å². The van der Waals surface area contributed by atoms with Crippen molar-refractivity contribution in [3.8, 4) is 5.75 Å². The molecule has 0 aromatic heterocycles. The third-order valence-electron chi connectivity index (χ3n) is 5.99. The highest BCUT2D eigenvalue weighted by Crippen LogP contribution is 2.24. The smallest absolute Gasteiger partial charge is 0.256 e. The van der Waals surface area contributed by atoms with Crippen LogP contribution in [0.4, 0.5) is 4.39 Å². The molecule has 7 nitrogen and oxygen atoms in total.